The quantitative estimate of drug-likeness (QED) is 0.312. The van der Waals surface area contributed by atoms with E-state index in [1.54, 1.807) is 26.0 Å². The average Bonchev–Trinajstić information content (AvgIpc) is 2.72. The number of amides is 1. The molecule has 0 saturated heterocycles. The summed E-state index contributed by atoms with van der Waals surface area (Å²) in [6.45, 7) is 6.19. The van der Waals surface area contributed by atoms with Gasteiger partial charge in [-0.05, 0) is 29.7 Å². The Bertz CT molecular complexity index is 820. The van der Waals surface area contributed by atoms with Crippen molar-refractivity contribution in [1.29, 1.82) is 0 Å². The zero-order valence-corrected chi connectivity index (χ0v) is 20.8. The van der Waals surface area contributed by atoms with E-state index in [9.17, 15) is 4.79 Å². The fourth-order valence-corrected chi connectivity index (χ4v) is 2.66. The molecule has 2 N–H and O–H groups in total. The molecule has 30 heavy (non-hydrogen) atoms. The van der Waals surface area contributed by atoms with Crippen LogP contribution in [0.5, 0.6) is 5.75 Å². The predicted octanol–water partition coefficient (Wildman–Crippen LogP) is 3.91. The van der Waals surface area contributed by atoms with Gasteiger partial charge in [-0.15, -0.1) is 24.0 Å². The van der Waals surface area contributed by atoms with E-state index in [2.05, 4.69) is 35.5 Å². The van der Waals surface area contributed by atoms with Gasteiger partial charge in [0, 0.05) is 45.4 Å². The number of rotatable bonds is 8. The lowest BCUT2D eigenvalue weighted by Gasteiger charge is -2.16. The number of nitrogens with one attached hydrogen (secondary N) is 2. The van der Waals surface area contributed by atoms with Crippen LogP contribution in [0.25, 0.3) is 0 Å². The summed E-state index contributed by atoms with van der Waals surface area (Å²) >= 11 is 0. The number of hydrogen-bond donors (Lipinski definition) is 2. The third kappa shape index (κ3) is 8.22. The van der Waals surface area contributed by atoms with Gasteiger partial charge in [0.1, 0.15) is 5.75 Å². The lowest BCUT2D eigenvalue weighted by molar-refractivity contribution is 0.0827. The number of benzene rings is 2. The summed E-state index contributed by atoms with van der Waals surface area (Å²) in [5.41, 5.74) is 2.84. The molecular formula is C23H33IN4O2. The standard InChI is InChI=1S/C23H32N4O2.HI/c1-17(2)16-29-21-9-7-6-8-20(21)15-26-23(24-3)25-14-18-10-12-19(13-11-18)22(28)27(4)5;/h6-13,17H,14-16H2,1-5H3,(H2,24,25,26);1H. The highest BCUT2D eigenvalue weighted by Gasteiger charge is 2.08. The van der Waals surface area contributed by atoms with Gasteiger partial charge in [-0.2, -0.15) is 0 Å². The van der Waals surface area contributed by atoms with E-state index in [1.165, 1.54) is 0 Å². The molecule has 2 aromatic carbocycles. The van der Waals surface area contributed by atoms with Crippen LogP contribution in [0, 0.1) is 5.92 Å². The number of carbonyl (C=O) groups is 1. The van der Waals surface area contributed by atoms with Crippen LogP contribution in [0.4, 0.5) is 0 Å². The largest absolute Gasteiger partial charge is 0.493 e. The van der Waals surface area contributed by atoms with E-state index in [0.717, 1.165) is 16.9 Å². The predicted molar refractivity (Wildman–Crippen MR) is 134 cm³/mol. The topological polar surface area (TPSA) is 66.0 Å². The molecule has 0 unspecified atom stereocenters. The Labute approximate surface area is 197 Å². The molecule has 0 heterocycles. The van der Waals surface area contributed by atoms with Crippen molar-refractivity contribution in [3.63, 3.8) is 0 Å². The molecule has 0 radical (unpaired) electrons. The molecule has 0 bridgehead atoms. The first kappa shape index (κ1) is 25.7. The van der Waals surface area contributed by atoms with Gasteiger partial charge in [0.15, 0.2) is 5.96 Å². The molecule has 0 fully saturated rings. The lowest BCUT2D eigenvalue weighted by Crippen LogP contribution is -2.36. The van der Waals surface area contributed by atoms with Gasteiger partial charge in [0.2, 0.25) is 0 Å². The van der Waals surface area contributed by atoms with Crippen molar-refractivity contribution in [3.8, 4) is 5.75 Å². The first-order valence-corrected chi connectivity index (χ1v) is 9.86. The summed E-state index contributed by atoms with van der Waals surface area (Å²) in [6.07, 6.45) is 0. The number of guanidine groups is 1. The number of nitrogens with zero attached hydrogens (tertiary/aromatic N) is 2. The van der Waals surface area contributed by atoms with Crippen LogP contribution in [0.3, 0.4) is 0 Å². The SMILES string of the molecule is CN=C(NCc1ccc(C(=O)N(C)C)cc1)NCc1ccccc1OCC(C)C.I. The number of aliphatic imine (C=N–C) groups is 1. The maximum absolute atomic E-state index is 12.0. The number of hydrogen-bond acceptors (Lipinski definition) is 3. The second-order valence-corrected chi connectivity index (χ2v) is 7.49. The molecular weight excluding hydrogens is 491 g/mol. The van der Waals surface area contributed by atoms with E-state index in [1.807, 2.05) is 42.5 Å². The van der Waals surface area contributed by atoms with Crippen LogP contribution < -0.4 is 15.4 Å². The highest BCUT2D eigenvalue weighted by molar-refractivity contribution is 14.0. The van der Waals surface area contributed by atoms with E-state index >= 15 is 0 Å². The van der Waals surface area contributed by atoms with Gasteiger partial charge in [-0.3, -0.25) is 9.79 Å². The summed E-state index contributed by atoms with van der Waals surface area (Å²) < 4.78 is 5.91. The van der Waals surface area contributed by atoms with Crippen molar-refractivity contribution in [3.05, 3.63) is 65.2 Å². The monoisotopic (exact) mass is 524 g/mol. The summed E-state index contributed by atoms with van der Waals surface area (Å²) in [5.74, 6) is 2.08. The molecule has 2 rings (SSSR count). The molecule has 0 aliphatic carbocycles. The zero-order valence-electron chi connectivity index (χ0n) is 18.4. The van der Waals surface area contributed by atoms with Crippen LogP contribution in [-0.2, 0) is 13.1 Å². The smallest absolute Gasteiger partial charge is 0.253 e. The Morgan fingerprint density at radius 1 is 1.03 bits per heavy atom. The van der Waals surface area contributed by atoms with Crippen molar-refractivity contribution in [2.75, 3.05) is 27.7 Å². The van der Waals surface area contributed by atoms with E-state index in [0.29, 0.717) is 37.1 Å². The molecule has 6 nitrogen and oxygen atoms in total. The fraction of sp³-hybridized carbons (Fsp3) is 0.391. The van der Waals surface area contributed by atoms with Gasteiger partial charge >= 0.3 is 0 Å². The van der Waals surface area contributed by atoms with E-state index < -0.39 is 0 Å². The second kappa shape index (κ2) is 13.1. The number of ether oxygens (including phenoxy) is 1. The summed E-state index contributed by atoms with van der Waals surface area (Å²) in [7, 11) is 5.24. The van der Waals surface area contributed by atoms with Gasteiger partial charge in [-0.25, -0.2) is 0 Å². The van der Waals surface area contributed by atoms with Crippen molar-refractivity contribution in [2.24, 2.45) is 10.9 Å². The average molecular weight is 524 g/mol. The van der Waals surface area contributed by atoms with Crippen LogP contribution in [-0.4, -0.2) is 44.5 Å². The van der Waals surface area contributed by atoms with Gasteiger partial charge in [0.25, 0.3) is 5.91 Å². The molecule has 0 saturated carbocycles. The first-order chi connectivity index (χ1) is 13.9. The Morgan fingerprint density at radius 3 is 2.27 bits per heavy atom. The molecule has 0 atom stereocenters. The molecule has 0 spiro atoms. The molecule has 0 aliphatic heterocycles. The fourth-order valence-electron chi connectivity index (χ4n) is 2.66. The molecule has 1 amide bonds. The normalized spacial score (nSPS) is 10.9. The highest BCUT2D eigenvalue weighted by atomic mass is 127. The second-order valence-electron chi connectivity index (χ2n) is 7.49. The van der Waals surface area contributed by atoms with Crippen molar-refractivity contribution >= 4 is 35.8 Å². The molecule has 0 aromatic heterocycles. The van der Waals surface area contributed by atoms with Gasteiger partial charge in [0.05, 0.1) is 6.61 Å². The third-order valence-electron chi connectivity index (χ3n) is 4.28. The van der Waals surface area contributed by atoms with Crippen molar-refractivity contribution in [2.45, 2.75) is 26.9 Å². The highest BCUT2D eigenvalue weighted by Crippen LogP contribution is 2.18. The summed E-state index contributed by atoms with van der Waals surface area (Å²) in [5, 5.41) is 6.63. The van der Waals surface area contributed by atoms with Crippen LogP contribution >= 0.6 is 24.0 Å². The number of halogens is 1. The van der Waals surface area contributed by atoms with Crippen molar-refractivity contribution < 1.29 is 9.53 Å². The minimum absolute atomic E-state index is 0. The van der Waals surface area contributed by atoms with Crippen LogP contribution in [0.2, 0.25) is 0 Å². The molecule has 164 valence electrons. The minimum atomic E-state index is 0. The maximum Gasteiger partial charge on any atom is 0.253 e. The lowest BCUT2D eigenvalue weighted by atomic mass is 10.1. The summed E-state index contributed by atoms with van der Waals surface area (Å²) in [4.78, 5) is 17.8. The number of para-hydroxylation sites is 1. The van der Waals surface area contributed by atoms with Crippen LogP contribution in [0.1, 0.15) is 35.3 Å². The van der Waals surface area contributed by atoms with E-state index in [4.69, 9.17) is 4.74 Å². The number of carbonyl (C=O) groups excluding carboxylic acids is 1. The molecule has 2 aromatic rings. The van der Waals surface area contributed by atoms with Gasteiger partial charge < -0.3 is 20.3 Å². The Kier molecular flexibility index (Phi) is 11.2. The van der Waals surface area contributed by atoms with Gasteiger partial charge in [-0.1, -0.05) is 44.2 Å². The van der Waals surface area contributed by atoms with Crippen LogP contribution in [0.15, 0.2) is 53.5 Å². The zero-order chi connectivity index (χ0) is 21.2. The summed E-state index contributed by atoms with van der Waals surface area (Å²) in [6, 6.07) is 15.6. The maximum atomic E-state index is 12.0. The Morgan fingerprint density at radius 2 is 1.67 bits per heavy atom. The Balaban J connectivity index is 0.00000450. The van der Waals surface area contributed by atoms with E-state index in [-0.39, 0.29) is 29.9 Å². The third-order valence-corrected chi connectivity index (χ3v) is 4.28. The molecule has 0 aliphatic rings. The Hall–Kier alpha value is -2.29. The van der Waals surface area contributed by atoms with Crippen molar-refractivity contribution in [1.82, 2.24) is 15.5 Å². The molecule has 7 heteroatoms. The first-order valence-electron chi connectivity index (χ1n) is 9.86. The minimum Gasteiger partial charge on any atom is -0.493 e.